The van der Waals surface area contributed by atoms with E-state index >= 15 is 0 Å². The molecule has 0 aromatic heterocycles. The first-order valence-corrected chi connectivity index (χ1v) is 7.73. The molecule has 0 aliphatic carbocycles. The van der Waals surface area contributed by atoms with Crippen molar-refractivity contribution in [1.82, 2.24) is 9.80 Å². The second-order valence-electron chi connectivity index (χ2n) is 6.50. The molecule has 114 valence electrons. The number of aliphatic carboxylic acids is 1. The average molecular weight is 282 g/mol. The molecule has 2 saturated heterocycles. The summed E-state index contributed by atoms with van der Waals surface area (Å²) < 4.78 is 0. The predicted molar refractivity (Wildman–Crippen MR) is 76.5 cm³/mol. The largest absolute Gasteiger partial charge is 0.481 e. The number of nitrogens with zero attached hydrogens (tertiary/aromatic N) is 2. The van der Waals surface area contributed by atoms with Gasteiger partial charge in [-0.2, -0.15) is 0 Å². The van der Waals surface area contributed by atoms with Crippen molar-refractivity contribution in [3.05, 3.63) is 0 Å². The maximum atomic E-state index is 12.5. The quantitative estimate of drug-likeness (QED) is 0.845. The Balaban J connectivity index is 1.81. The maximum absolute atomic E-state index is 12.5. The summed E-state index contributed by atoms with van der Waals surface area (Å²) in [4.78, 5) is 27.1. The van der Waals surface area contributed by atoms with Crippen LogP contribution in [0.1, 0.15) is 39.5 Å². The number of carbonyl (C=O) groups excluding carboxylic acids is 1. The fraction of sp³-hybridized carbons (Fsp3) is 0.867. The molecule has 0 aromatic rings. The molecule has 2 heterocycles. The zero-order chi connectivity index (χ0) is 14.7. The Hall–Kier alpha value is -1.26. The lowest BCUT2D eigenvalue weighted by Gasteiger charge is -2.40. The topological polar surface area (TPSA) is 60.9 Å². The minimum atomic E-state index is -0.728. The monoisotopic (exact) mass is 282 g/mol. The van der Waals surface area contributed by atoms with Crippen molar-refractivity contribution < 1.29 is 14.7 Å². The van der Waals surface area contributed by atoms with E-state index in [-0.39, 0.29) is 18.4 Å². The second kappa shape index (κ2) is 6.46. The molecule has 2 aliphatic heterocycles. The van der Waals surface area contributed by atoms with E-state index in [2.05, 4.69) is 13.8 Å². The Morgan fingerprint density at radius 2 is 1.60 bits per heavy atom. The van der Waals surface area contributed by atoms with Gasteiger partial charge in [-0.15, -0.1) is 0 Å². The first-order chi connectivity index (χ1) is 9.47. The Kier molecular flexibility index (Phi) is 4.89. The lowest BCUT2D eigenvalue weighted by atomic mass is 9.89. The Morgan fingerprint density at radius 3 is 2.15 bits per heavy atom. The number of urea groups is 1. The molecule has 2 fully saturated rings. The minimum absolute atomic E-state index is 0.150. The van der Waals surface area contributed by atoms with Crippen LogP contribution in [0.25, 0.3) is 0 Å². The van der Waals surface area contributed by atoms with E-state index in [0.717, 1.165) is 32.4 Å². The molecule has 0 bridgehead atoms. The zero-order valence-corrected chi connectivity index (χ0v) is 12.5. The van der Waals surface area contributed by atoms with E-state index in [9.17, 15) is 9.59 Å². The van der Waals surface area contributed by atoms with Crippen molar-refractivity contribution in [1.29, 1.82) is 0 Å². The van der Waals surface area contributed by atoms with Crippen LogP contribution in [0.15, 0.2) is 0 Å². The highest BCUT2D eigenvalue weighted by atomic mass is 16.4. The van der Waals surface area contributed by atoms with E-state index in [4.69, 9.17) is 5.11 Å². The summed E-state index contributed by atoms with van der Waals surface area (Å²) in [5.74, 6) is 0.767. The predicted octanol–water partition coefficient (Wildman–Crippen LogP) is 2.27. The van der Waals surface area contributed by atoms with Crippen LogP contribution in [-0.4, -0.2) is 53.1 Å². The van der Waals surface area contributed by atoms with Gasteiger partial charge in [0.05, 0.1) is 0 Å². The van der Waals surface area contributed by atoms with Crippen LogP contribution in [-0.2, 0) is 4.79 Å². The average Bonchev–Trinajstić information content (AvgIpc) is 2.41. The SMILES string of the molecule is CC1CCN(C(=O)N2CCC(CC(=O)O)CC2)CC1C. The highest BCUT2D eigenvalue weighted by molar-refractivity contribution is 5.74. The van der Waals surface area contributed by atoms with Crippen LogP contribution in [0.3, 0.4) is 0 Å². The van der Waals surface area contributed by atoms with Crippen LogP contribution in [0.5, 0.6) is 0 Å². The van der Waals surface area contributed by atoms with E-state index in [1.165, 1.54) is 0 Å². The third kappa shape index (κ3) is 3.64. The van der Waals surface area contributed by atoms with E-state index in [1.807, 2.05) is 9.80 Å². The van der Waals surface area contributed by atoms with Gasteiger partial charge in [-0.1, -0.05) is 13.8 Å². The van der Waals surface area contributed by atoms with Gasteiger partial charge in [0.1, 0.15) is 0 Å². The first-order valence-electron chi connectivity index (χ1n) is 7.73. The minimum Gasteiger partial charge on any atom is -0.481 e. The fourth-order valence-electron chi connectivity index (χ4n) is 3.21. The highest BCUT2D eigenvalue weighted by Gasteiger charge is 2.31. The number of likely N-dealkylation sites (tertiary alicyclic amines) is 2. The summed E-state index contributed by atoms with van der Waals surface area (Å²) in [7, 11) is 0. The molecule has 2 amide bonds. The molecule has 1 N–H and O–H groups in total. The summed E-state index contributed by atoms with van der Waals surface area (Å²) in [5, 5.41) is 8.81. The summed E-state index contributed by atoms with van der Waals surface area (Å²) in [6, 6.07) is 0.150. The molecule has 2 unspecified atom stereocenters. The zero-order valence-electron chi connectivity index (χ0n) is 12.5. The van der Waals surface area contributed by atoms with E-state index < -0.39 is 5.97 Å². The van der Waals surface area contributed by atoms with Crippen molar-refractivity contribution in [2.24, 2.45) is 17.8 Å². The van der Waals surface area contributed by atoms with Crippen LogP contribution < -0.4 is 0 Å². The van der Waals surface area contributed by atoms with Crippen molar-refractivity contribution >= 4 is 12.0 Å². The van der Waals surface area contributed by atoms with Gasteiger partial charge < -0.3 is 14.9 Å². The van der Waals surface area contributed by atoms with E-state index in [1.54, 1.807) is 0 Å². The van der Waals surface area contributed by atoms with Gasteiger partial charge in [-0.05, 0) is 37.0 Å². The smallest absolute Gasteiger partial charge is 0.320 e. The summed E-state index contributed by atoms with van der Waals surface area (Å²) in [6.45, 7) is 7.59. The van der Waals surface area contributed by atoms with Crippen LogP contribution in [0.2, 0.25) is 0 Å². The van der Waals surface area contributed by atoms with Crippen LogP contribution in [0, 0.1) is 17.8 Å². The van der Waals surface area contributed by atoms with Gasteiger partial charge in [0.2, 0.25) is 0 Å². The lowest BCUT2D eigenvalue weighted by Crippen LogP contribution is -2.50. The molecule has 0 aromatic carbocycles. The molecule has 5 heteroatoms. The summed E-state index contributed by atoms with van der Waals surface area (Å²) >= 11 is 0. The molecule has 5 nitrogen and oxygen atoms in total. The Labute approximate surface area is 120 Å². The number of rotatable bonds is 2. The van der Waals surface area contributed by atoms with Gasteiger partial charge >= 0.3 is 12.0 Å². The molecule has 0 spiro atoms. The highest BCUT2D eigenvalue weighted by Crippen LogP contribution is 2.25. The Bertz CT molecular complexity index is 364. The standard InChI is InChI=1S/C15H26N2O3/c1-11-3-6-17(10-12(11)2)15(20)16-7-4-13(5-8-16)9-14(18)19/h11-13H,3-10H2,1-2H3,(H,18,19). The van der Waals surface area contributed by atoms with Crippen molar-refractivity contribution in [2.75, 3.05) is 26.2 Å². The molecule has 2 atom stereocenters. The molecular formula is C15H26N2O3. The third-order valence-electron chi connectivity index (χ3n) is 4.95. The number of amides is 2. The molecule has 2 rings (SSSR count). The Morgan fingerprint density at radius 1 is 1.00 bits per heavy atom. The maximum Gasteiger partial charge on any atom is 0.320 e. The number of carboxylic acid groups (broad SMARTS) is 1. The van der Waals surface area contributed by atoms with Gasteiger partial charge in [-0.3, -0.25) is 4.79 Å². The molecule has 0 saturated carbocycles. The van der Waals surface area contributed by atoms with Crippen LogP contribution in [0.4, 0.5) is 4.79 Å². The second-order valence-corrected chi connectivity index (χ2v) is 6.50. The normalized spacial score (nSPS) is 28.5. The molecule has 20 heavy (non-hydrogen) atoms. The van der Waals surface area contributed by atoms with Gasteiger partial charge in [0.15, 0.2) is 0 Å². The van der Waals surface area contributed by atoms with E-state index in [0.29, 0.717) is 24.9 Å². The van der Waals surface area contributed by atoms with Gasteiger partial charge in [0.25, 0.3) is 0 Å². The van der Waals surface area contributed by atoms with Gasteiger partial charge in [0, 0.05) is 32.6 Å². The molecule has 2 aliphatic rings. The van der Waals surface area contributed by atoms with Crippen molar-refractivity contribution in [3.8, 4) is 0 Å². The molecule has 0 radical (unpaired) electrons. The molecular weight excluding hydrogens is 256 g/mol. The van der Waals surface area contributed by atoms with Gasteiger partial charge in [-0.25, -0.2) is 4.79 Å². The van der Waals surface area contributed by atoms with Crippen LogP contribution >= 0.6 is 0 Å². The first kappa shape index (κ1) is 15.1. The fourth-order valence-corrected chi connectivity index (χ4v) is 3.21. The number of carboxylic acids is 1. The number of hydrogen-bond acceptors (Lipinski definition) is 2. The lowest BCUT2D eigenvalue weighted by molar-refractivity contribution is -0.138. The number of carbonyl (C=O) groups is 2. The van der Waals surface area contributed by atoms with Crippen molar-refractivity contribution in [3.63, 3.8) is 0 Å². The summed E-state index contributed by atoms with van der Waals surface area (Å²) in [6.07, 6.45) is 2.96. The summed E-state index contributed by atoms with van der Waals surface area (Å²) in [5.41, 5.74) is 0. The number of hydrogen-bond donors (Lipinski definition) is 1. The third-order valence-corrected chi connectivity index (χ3v) is 4.95. The van der Waals surface area contributed by atoms with Crippen molar-refractivity contribution in [2.45, 2.75) is 39.5 Å². The number of piperidine rings is 2.